The molecular weight excluding hydrogens is 456 g/mol. The first-order chi connectivity index (χ1) is 16.3. The van der Waals surface area contributed by atoms with Crippen molar-refractivity contribution in [1.82, 2.24) is 10.0 Å². The number of carboxylic acid groups (broad SMARTS) is 1. The van der Waals surface area contributed by atoms with Crippen molar-refractivity contribution in [2.24, 2.45) is 0 Å². The van der Waals surface area contributed by atoms with Gasteiger partial charge in [-0.2, -0.15) is 0 Å². The second kappa shape index (κ2) is 12.0. The molecule has 0 radical (unpaired) electrons. The average molecular weight is 483 g/mol. The lowest BCUT2D eigenvalue weighted by Gasteiger charge is -2.16. The van der Waals surface area contributed by atoms with E-state index in [1.807, 2.05) is 30.3 Å². The average Bonchev–Trinajstić information content (AvgIpc) is 2.82. The van der Waals surface area contributed by atoms with Crippen LogP contribution in [0.5, 0.6) is 0 Å². The van der Waals surface area contributed by atoms with Gasteiger partial charge in [-0.15, -0.1) is 0 Å². The molecule has 3 N–H and O–H groups in total. The van der Waals surface area contributed by atoms with Crippen LogP contribution in [0.1, 0.15) is 22.3 Å². The standard InChI is InChI=1S/C25H26N2O6S/c28-24(29)23(27-34(31,32)18-20-10-5-2-6-11-20)15-21-12-7-13-22(14-21)16-26-25(30)33-17-19-8-3-1-4-9-19/h1-14,23,27H,15-18H2,(H,26,30)(H,28,29)/t23-/m1/s1. The predicted molar refractivity (Wildman–Crippen MR) is 127 cm³/mol. The van der Waals surface area contributed by atoms with Crippen LogP contribution in [0.3, 0.4) is 0 Å². The molecule has 0 aliphatic heterocycles. The first-order valence-corrected chi connectivity index (χ1v) is 12.2. The Bertz CT molecular complexity index is 1200. The number of carboxylic acids is 1. The van der Waals surface area contributed by atoms with Crippen LogP contribution in [0.25, 0.3) is 0 Å². The van der Waals surface area contributed by atoms with E-state index in [0.29, 0.717) is 11.1 Å². The number of alkyl carbamates (subject to hydrolysis) is 1. The number of carbonyl (C=O) groups excluding carboxylic acids is 1. The number of aliphatic carboxylic acids is 1. The van der Waals surface area contributed by atoms with Crippen molar-refractivity contribution in [1.29, 1.82) is 0 Å². The molecule has 178 valence electrons. The molecule has 0 aliphatic carbocycles. The van der Waals surface area contributed by atoms with Crippen molar-refractivity contribution in [3.8, 4) is 0 Å². The van der Waals surface area contributed by atoms with Crippen LogP contribution < -0.4 is 10.0 Å². The molecule has 0 aromatic heterocycles. The van der Waals surface area contributed by atoms with Gasteiger partial charge in [0.1, 0.15) is 12.6 Å². The number of ether oxygens (including phenoxy) is 1. The monoisotopic (exact) mass is 482 g/mol. The maximum Gasteiger partial charge on any atom is 0.407 e. The van der Waals surface area contributed by atoms with Crippen LogP contribution in [-0.4, -0.2) is 31.6 Å². The molecule has 0 aliphatic rings. The number of nitrogens with one attached hydrogen (secondary N) is 2. The summed E-state index contributed by atoms with van der Waals surface area (Å²) < 4.78 is 32.4. The molecule has 3 aromatic rings. The van der Waals surface area contributed by atoms with Gasteiger partial charge < -0.3 is 15.2 Å². The normalized spacial score (nSPS) is 12.0. The summed E-state index contributed by atoms with van der Waals surface area (Å²) in [6.45, 7) is 0.328. The molecule has 0 heterocycles. The van der Waals surface area contributed by atoms with Crippen LogP contribution in [0.15, 0.2) is 84.9 Å². The number of hydrogen-bond acceptors (Lipinski definition) is 5. The number of carbonyl (C=O) groups is 2. The highest BCUT2D eigenvalue weighted by atomic mass is 32.2. The Hall–Kier alpha value is -3.69. The summed E-state index contributed by atoms with van der Waals surface area (Å²) in [4.78, 5) is 23.7. The predicted octanol–water partition coefficient (Wildman–Crippen LogP) is 3.23. The second-order valence-corrected chi connectivity index (χ2v) is 9.45. The Morgan fingerprint density at radius 3 is 2.06 bits per heavy atom. The lowest BCUT2D eigenvalue weighted by molar-refractivity contribution is -0.138. The molecule has 0 saturated heterocycles. The molecule has 0 saturated carbocycles. The summed E-state index contributed by atoms with van der Waals surface area (Å²) in [7, 11) is -3.86. The van der Waals surface area contributed by atoms with Crippen LogP contribution >= 0.6 is 0 Å². The van der Waals surface area contributed by atoms with Gasteiger partial charge in [0.25, 0.3) is 0 Å². The van der Waals surface area contributed by atoms with E-state index in [4.69, 9.17) is 4.74 Å². The van der Waals surface area contributed by atoms with Crippen molar-refractivity contribution in [2.45, 2.75) is 31.4 Å². The van der Waals surface area contributed by atoms with Crippen molar-refractivity contribution in [3.05, 3.63) is 107 Å². The summed E-state index contributed by atoms with van der Waals surface area (Å²) in [6, 6.07) is 23.4. The molecule has 1 amide bonds. The SMILES string of the molecule is O=C(NCc1cccc(C[C@@H](NS(=O)(=O)Cc2ccccc2)C(=O)O)c1)OCc1ccccc1. The third-order valence-corrected chi connectivity index (χ3v) is 6.26. The fourth-order valence-corrected chi connectivity index (χ4v) is 4.61. The minimum atomic E-state index is -3.86. The van der Waals surface area contributed by atoms with Crippen molar-refractivity contribution >= 4 is 22.1 Å². The van der Waals surface area contributed by atoms with Crippen LogP contribution in [0.2, 0.25) is 0 Å². The lowest BCUT2D eigenvalue weighted by atomic mass is 10.0. The summed E-state index contributed by atoms with van der Waals surface area (Å²) in [5.74, 6) is -1.59. The molecule has 0 fully saturated rings. The van der Waals surface area contributed by atoms with Gasteiger partial charge in [-0.05, 0) is 28.7 Å². The minimum Gasteiger partial charge on any atom is -0.480 e. The molecule has 9 heteroatoms. The summed E-state index contributed by atoms with van der Waals surface area (Å²) >= 11 is 0. The highest BCUT2D eigenvalue weighted by Gasteiger charge is 2.24. The molecule has 0 bridgehead atoms. The molecule has 3 rings (SSSR count). The Morgan fingerprint density at radius 1 is 0.824 bits per heavy atom. The zero-order valence-corrected chi connectivity index (χ0v) is 19.2. The highest BCUT2D eigenvalue weighted by molar-refractivity contribution is 7.88. The maximum atomic E-state index is 12.5. The van der Waals surface area contributed by atoms with Gasteiger partial charge >= 0.3 is 12.1 Å². The van der Waals surface area contributed by atoms with E-state index in [2.05, 4.69) is 10.0 Å². The van der Waals surface area contributed by atoms with Crippen molar-refractivity contribution in [2.75, 3.05) is 0 Å². The van der Waals surface area contributed by atoms with Gasteiger partial charge in [0, 0.05) is 6.54 Å². The van der Waals surface area contributed by atoms with Gasteiger partial charge in [0.05, 0.1) is 5.75 Å². The fraction of sp³-hybridized carbons (Fsp3) is 0.200. The number of rotatable bonds is 11. The molecule has 34 heavy (non-hydrogen) atoms. The number of amides is 1. The van der Waals surface area contributed by atoms with Gasteiger partial charge in [-0.25, -0.2) is 17.9 Å². The van der Waals surface area contributed by atoms with E-state index in [1.54, 1.807) is 54.6 Å². The van der Waals surface area contributed by atoms with Gasteiger partial charge in [0.15, 0.2) is 0 Å². The Labute approximate surface area is 198 Å². The van der Waals surface area contributed by atoms with E-state index in [1.165, 1.54) is 0 Å². The number of hydrogen-bond donors (Lipinski definition) is 3. The van der Waals surface area contributed by atoms with E-state index in [0.717, 1.165) is 11.1 Å². The molecular formula is C25H26N2O6S. The highest BCUT2D eigenvalue weighted by Crippen LogP contribution is 2.11. The summed E-state index contributed by atoms with van der Waals surface area (Å²) in [5.41, 5.74) is 2.78. The van der Waals surface area contributed by atoms with Crippen LogP contribution in [-0.2, 0) is 44.9 Å². The lowest BCUT2D eigenvalue weighted by Crippen LogP contribution is -2.42. The van der Waals surface area contributed by atoms with Gasteiger partial charge in [-0.1, -0.05) is 84.9 Å². The Morgan fingerprint density at radius 2 is 1.41 bits per heavy atom. The van der Waals surface area contributed by atoms with Crippen LogP contribution in [0, 0.1) is 0 Å². The van der Waals surface area contributed by atoms with Crippen molar-refractivity contribution in [3.63, 3.8) is 0 Å². The third-order valence-electron chi connectivity index (χ3n) is 4.90. The zero-order valence-electron chi connectivity index (χ0n) is 18.4. The van der Waals surface area contributed by atoms with Crippen LogP contribution in [0.4, 0.5) is 4.79 Å². The smallest absolute Gasteiger partial charge is 0.407 e. The Kier molecular flexibility index (Phi) is 8.78. The molecule has 8 nitrogen and oxygen atoms in total. The Balaban J connectivity index is 1.55. The molecule has 3 aromatic carbocycles. The summed E-state index contributed by atoms with van der Waals surface area (Å²) in [5, 5.41) is 12.2. The fourth-order valence-electron chi connectivity index (χ4n) is 3.28. The minimum absolute atomic E-state index is 0.0460. The molecule has 1 atom stereocenters. The van der Waals surface area contributed by atoms with E-state index >= 15 is 0 Å². The van der Waals surface area contributed by atoms with Crippen molar-refractivity contribution < 1.29 is 27.9 Å². The molecule has 0 unspecified atom stereocenters. The zero-order chi connectivity index (χ0) is 24.4. The quantitative estimate of drug-likeness (QED) is 0.386. The number of sulfonamides is 1. The third kappa shape index (κ3) is 8.34. The summed E-state index contributed by atoms with van der Waals surface area (Å²) in [6.07, 6.45) is -0.623. The van der Waals surface area contributed by atoms with Gasteiger partial charge in [-0.3, -0.25) is 4.79 Å². The van der Waals surface area contributed by atoms with E-state index in [9.17, 15) is 23.1 Å². The molecule has 0 spiro atoms. The van der Waals surface area contributed by atoms with Gasteiger partial charge in [0.2, 0.25) is 10.0 Å². The largest absolute Gasteiger partial charge is 0.480 e. The first kappa shape index (κ1) is 24.9. The first-order valence-electron chi connectivity index (χ1n) is 10.6. The maximum absolute atomic E-state index is 12.5. The topological polar surface area (TPSA) is 122 Å². The van der Waals surface area contributed by atoms with E-state index in [-0.39, 0.29) is 25.3 Å². The second-order valence-electron chi connectivity index (χ2n) is 7.69. The number of benzene rings is 3. The van der Waals surface area contributed by atoms with E-state index < -0.39 is 28.1 Å².